The average Bonchev–Trinajstić information content (AvgIpc) is 2.66. The molecule has 0 saturated carbocycles. The topological polar surface area (TPSA) is 20.2 Å². The van der Waals surface area contributed by atoms with Crippen molar-refractivity contribution in [1.82, 2.24) is 0 Å². The summed E-state index contributed by atoms with van der Waals surface area (Å²) in [6.07, 6.45) is 17.8. The molecule has 0 fully saturated rings. The molecule has 0 heterocycles. The summed E-state index contributed by atoms with van der Waals surface area (Å²) in [5, 5.41) is 9.90. The lowest BCUT2D eigenvalue weighted by atomic mass is 10.0. The van der Waals surface area contributed by atoms with Gasteiger partial charge in [0.15, 0.2) is 0 Å². The van der Waals surface area contributed by atoms with Gasteiger partial charge in [-0.15, -0.1) is 0 Å². The maximum Gasteiger partial charge on any atom is 0.112 e. The van der Waals surface area contributed by atoms with Crippen LogP contribution in [0.4, 0.5) is 0 Å². The van der Waals surface area contributed by atoms with Crippen LogP contribution in [0.25, 0.3) is 0 Å². The molecule has 1 rings (SSSR count). The van der Waals surface area contributed by atoms with E-state index in [-0.39, 0.29) is 6.61 Å². The van der Waals surface area contributed by atoms with Crippen LogP contribution in [0.2, 0.25) is 0 Å². The molecular weight excluding hydrogens is 330 g/mol. The second kappa shape index (κ2) is 15.1. The van der Waals surface area contributed by atoms with Crippen LogP contribution in [-0.4, -0.2) is 36.3 Å². The van der Waals surface area contributed by atoms with E-state index in [1.807, 2.05) is 0 Å². The number of likely N-dealkylation sites (N-methyl/N-ethyl adjacent to an activating group) is 1. The summed E-state index contributed by atoms with van der Waals surface area (Å²) in [7, 11) is 4.52. The zero-order valence-corrected chi connectivity index (χ0v) is 18.5. The third-order valence-corrected chi connectivity index (χ3v) is 6.02. The molecule has 0 saturated heterocycles. The molecular formula is C25H46NO+. The van der Waals surface area contributed by atoms with Gasteiger partial charge in [0, 0.05) is 12.0 Å². The van der Waals surface area contributed by atoms with Crippen LogP contribution >= 0.6 is 0 Å². The monoisotopic (exact) mass is 376 g/mol. The Morgan fingerprint density at radius 1 is 0.741 bits per heavy atom. The highest BCUT2D eigenvalue weighted by molar-refractivity contribution is 5.13. The van der Waals surface area contributed by atoms with Gasteiger partial charge in [0.2, 0.25) is 0 Å². The number of quaternary nitrogens is 1. The van der Waals surface area contributed by atoms with Gasteiger partial charge in [-0.2, -0.15) is 0 Å². The van der Waals surface area contributed by atoms with Gasteiger partial charge in [-0.3, -0.25) is 0 Å². The van der Waals surface area contributed by atoms with Crippen molar-refractivity contribution < 1.29 is 9.59 Å². The first kappa shape index (κ1) is 24.2. The summed E-state index contributed by atoms with van der Waals surface area (Å²) in [4.78, 5) is 0. The second-order valence-electron chi connectivity index (χ2n) is 8.94. The fourth-order valence-corrected chi connectivity index (χ4v) is 4.07. The van der Waals surface area contributed by atoms with E-state index < -0.39 is 0 Å². The van der Waals surface area contributed by atoms with Crippen LogP contribution in [0, 0.1) is 0 Å². The van der Waals surface area contributed by atoms with E-state index in [0.717, 1.165) is 17.4 Å². The predicted molar refractivity (Wildman–Crippen MR) is 119 cm³/mol. The first-order valence-corrected chi connectivity index (χ1v) is 11.6. The van der Waals surface area contributed by atoms with E-state index >= 15 is 0 Å². The number of aliphatic hydroxyl groups is 1. The molecule has 156 valence electrons. The first-order chi connectivity index (χ1) is 13.1. The Morgan fingerprint density at radius 3 is 1.70 bits per heavy atom. The lowest BCUT2D eigenvalue weighted by molar-refractivity contribution is -0.928. The predicted octanol–water partition coefficient (Wildman–Crippen LogP) is 6.72. The lowest BCUT2D eigenvalue weighted by Crippen LogP contribution is -2.50. The van der Waals surface area contributed by atoms with Crippen molar-refractivity contribution in [3.8, 4) is 0 Å². The molecule has 1 N–H and O–H groups in total. The summed E-state index contributed by atoms with van der Waals surface area (Å²) < 4.78 is 0.874. The van der Waals surface area contributed by atoms with Gasteiger partial charge in [-0.1, -0.05) is 108 Å². The van der Waals surface area contributed by atoms with E-state index in [1.54, 1.807) is 0 Å². The number of aliphatic hydroxyl groups excluding tert-OH is 1. The van der Waals surface area contributed by atoms with Crippen molar-refractivity contribution >= 4 is 0 Å². The third kappa shape index (κ3) is 11.5. The molecule has 0 aliphatic rings. The van der Waals surface area contributed by atoms with Gasteiger partial charge in [0.05, 0.1) is 20.7 Å². The maximum atomic E-state index is 9.90. The van der Waals surface area contributed by atoms with Crippen molar-refractivity contribution in [2.45, 2.75) is 103 Å². The molecule has 1 atom stereocenters. The highest BCUT2D eigenvalue weighted by Gasteiger charge is 2.27. The fraction of sp³-hybridized carbons (Fsp3) is 0.760. The molecule has 0 aliphatic carbocycles. The Bertz CT molecular complexity index is 443. The van der Waals surface area contributed by atoms with Crippen LogP contribution in [0.5, 0.6) is 0 Å². The number of unbranched alkanes of at least 4 members (excludes halogenated alkanes) is 11. The Morgan fingerprint density at radius 2 is 1.22 bits per heavy atom. The molecule has 1 unspecified atom stereocenters. The third-order valence-electron chi connectivity index (χ3n) is 6.02. The lowest BCUT2D eigenvalue weighted by Gasteiger charge is -2.37. The largest absolute Gasteiger partial charge is 0.390 e. The highest BCUT2D eigenvalue weighted by atomic mass is 16.3. The molecule has 0 spiro atoms. The van der Waals surface area contributed by atoms with Gasteiger partial charge in [-0.25, -0.2) is 0 Å². The number of rotatable bonds is 17. The molecule has 0 radical (unpaired) electrons. The second-order valence-corrected chi connectivity index (χ2v) is 8.94. The molecule has 2 nitrogen and oxygen atoms in total. The average molecular weight is 377 g/mol. The Labute approximate surface area is 169 Å². The van der Waals surface area contributed by atoms with Crippen LogP contribution in [0.15, 0.2) is 30.3 Å². The summed E-state index contributed by atoms with van der Waals surface area (Å²) in [6.45, 7) is 3.56. The fourth-order valence-electron chi connectivity index (χ4n) is 4.07. The van der Waals surface area contributed by atoms with Crippen molar-refractivity contribution in [1.29, 1.82) is 0 Å². The Balaban J connectivity index is 2.08. The van der Waals surface area contributed by atoms with E-state index in [1.165, 1.54) is 82.6 Å². The molecule has 1 aromatic carbocycles. The SMILES string of the molecule is CCCCCCCCCCCCCCC(CO)[N+](C)(C)Cc1ccccc1. The summed E-state index contributed by atoms with van der Waals surface area (Å²) in [5.41, 5.74) is 1.36. The van der Waals surface area contributed by atoms with Gasteiger partial charge < -0.3 is 9.59 Å². The van der Waals surface area contributed by atoms with Crippen LogP contribution in [0.1, 0.15) is 96.0 Å². The molecule has 0 aliphatic heterocycles. The highest BCUT2D eigenvalue weighted by Crippen LogP contribution is 2.19. The van der Waals surface area contributed by atoms with Crippen LogP contribution < -0.4 is 0 Å². The maximum absolute atomic E-state index is 9.90. The van der Waals surface area contributed by atoms with Gasteiger partial charge >= 0.3 is 0 Å². The minimum Gasteiger partial charge on any atom is -0.390 e. The molecule has 27 heavy (non-hydrogen) atoms. The normalized spacial score (nSPS) is 13.0. The summed E-state index contributed by atoms with van der Waals surface area (Å²) in [6, 6.07) is 11.0. The van der Waals surface area contributed by atoms with Crippen molar-refractivity contribution in [3.05, 3.63) is 35.9 Å². The number of nitrogens with zero attached hydrogens (tertiary/aromatic N) is 1. The standard InChI is InChI=1S/C25H46NO/c1-4-5-6-7-8-9-10-11-12-13-14-18-21-25(23-27)26(2,3)22-24-19-16-15-17-20-24/h15-17,19-20,25,27H,4-14,18,21-23H2,1-3H3/q+1. The van der Waals surface area contributed by atoms with E-state index in [0.29, 0.717) is 6.04 Å². The molecule has 0 amide bonds. The van der Waals surface area contributed by atoms with Crippen molar-refractivity contribution in [2.24, 2.45) is 0 Å². The van der Waals surface area contributed by atoms with Gasteiger partial charge in [0.1, 0.15) is 12.6 Å². The van der Waals surface area contributed by atoms with E-state index in [4.69, 9.17) is 0 Å². The smallest absolute Gasteiger partial charge is 0.112 e. The number of hydrogen-bond donors (Lipinski definition) is 1. The Hall–Kier alpha value is -0.860. The van der Waals surface area contributed by atoms with Crippen LogP contribution in [-0.2, 0) is 6.54 Å². The van der Waals surface area contributed by atoms with E-state index in [9.17, 15) is 5.11 Å². The van der Waals surface area contributed by atoms with Gasteiger partial charge in [0.25, 0.3) is 0 Å². The summed E-state index contributed by atoms with van der Waals surface area (Å²) in [5.74, 6) is 0. The molecule has 2 heteroatoms. The molecule has 1 aromatic rings. The first-order valence-electron chi connectivity index (χ1n) is 11.6. The van der Waals surface area contributed by atoms with Crippen LogP contribution in [0.3, 0.4) is 0 Å². The van der Waals surface area contributed by atoms with Gasteiger partial charge in [-0.05, 0) is 6.42 Å². The quantitative estimate of drug-likeness (QED) is 0.236. The Kier molecular flexibility index (Phi) is 13.5. The van der Waals surface area contributed by atoms with E-state index in [2.05, 4.69) is 51.4 Å². The van der Waals surface area contributed by atoms with Crippen molar-refractivity contribution in [2.75, 3.05) is 20.7 Å². The number of hydrogen-bond acceptors (Lipinski definition) is 1. The molecule has 0 bridgehead atoms. The minimum absolute atomic E-state index is 0.290. The zero-order chi connectivity index (χ0) is 19.8. The summed E-state index contributed by atoms with van der Waals surface area (Å²) >= 11 is 0. The zero-order valence-electron chi connectivity index (χ0n) is 18.5. The minimum atomic E-state index is 0.290. The van der Waals surface area contributed by atoms with Crippen molar-refractivity contribution in [3.63, 3.8) is 0 Å². The number of benzene rings is 1. The molecule has 0 aromatic heterocycles.